The van der Waals surface area contributed by atoms with Gasteiger partial charge in [0.2, 0.25) is 0 Å². The lowest BCUT2D eigenvalue weighted by atomic mass is 9.75. The van der Waals surface area contributed by atoms with E-state index in [1.54, 1.807) is 0 Å². The molecule has 1 saturated carbocycles. The Balaban J connectivity index is 1.89. The molecule has 2 N–H and O–H groups in total. The van der Waals surface area contributed by atoms with Gasteiger partial charge in [-0.2, -0.15) is 0 Å². The van der Waals surface area contributed by atoms with Crippen LogP contribution in [0.2, 0.25) is 0 Å². The summed E-state index contributed by atoms with van der Waals surface area (Å²) in [4.78, 5) is 16.5. The molecule has 1 heterocycles. The van der Waals surface area contributed by atoms with Crippen molar-refractivity contribution in [2.45, 2.75) is 49.9 Å². The van der Waals surface area contributed by atoms with Gasteiger partial charge in [0.15, 0.2) is 0 Å². The van der Waals surface area contributed by atoms with E-state index in [-0.39, 0.29) is 23.7 Å². The second kappa shape index (κ2) is 5.77. The molecule has 0 bridgehead atoms. The third kappa shape index (κ3) is 2.93. The van der Waals surface area contributed by atoms with Crippen LogP contribution in [0.4, 0.5) is 0 Å². The summed E-state index contributed by atoms with van der Waals surface area (Å²) in [6.45, 7) is 1.31. The summed E-state index contributed by atoms with van der Waals surface area (Å²) in [6, 6.07) is 0. The van der Waals surface area contributed by atoms with E-state index in [0.29, 0.717) is 6.54 Å². The number of amides is 1. The van der Waals surface area contributed by atoms with E-state index >= 15 is 0 Å². The van der Waals surface area contributed by atoms with E-state index in [0.717, 1.165) is 19.4 Å². The van der Waals surface area contributed by atoms with E-state index < -0.39 is 0 Å². The zero-order chi connectivity index (χ0) is 14.0. The number of nitrogens with two attached hydrogens (primary N) is 1. The lowest BCUT2D eigenvalue weighted by Crippen LogP contribution is -2.58. The summed E-state index contributed by atoms with van der Waals surface area (Å²) in [6.07, 6.45) is 5.10. The van der Waals surface area contributed by atoms with Gasteiger partial charge in [0.25, 0.3) is 5.91 Å². The zero-order valence-corrected chi connectivity index (χ0v) is 12.4. The summed E-state index contributed by atoms with van der Waals surface area (Å²) >= 11 is 0. The Morgan fingerprint density at radius 3 is 2.42 bits per heavy atom. The first kappa shape index (κ1) is 14.8. The quantitative estimate of drug-likeness (QED) is 0.786. The molecule has 1 aliphatic heterocycles. The average molecular weight is 269 g/mol. The molecule has 0 radical (unpaired) electrons. The molecule has 2 aliphatic rings. The molecule has 0 aromatic heterocycles. The van der Waals surface area contributed by atoms with Gasteiger partial charge in [-0.15, -0.1) is 0 Å². The smallest absolute Gasteiger partial charge is 0.251 e. The number of rotatable bonds is 5. The van der Waals surface area contributed by atoms with Crippen LogP contribution in [0.15, 0.2) is 0 Å². The fourth-order valence-corrected chi connectivity index (χ4v) is 3.16. The van der Waals surface area contributed by atoms with Crippen molar-refractivity contribution in [1.29, 1.82) is 0 Å². The maximum Gasteiger partial charge on any atom is 0.251 e. The van der Waals surface area contributed by atoms with Crippen LogP contribution in [0.1, 0.15) is 32.1 Å². The highest BCUT2D eigenvalue weighted by molar-refractivity contribution is 5.81. The minimum absolute atomic E-state index is 0.0638. The zero-order valence-electron chi connectivity index (χ0n) is 12.4. The maximum absolute atomic E-state index is 12.4. The molecule has 0 aromatic carbocycles. The highest BCUT2D eigenvalue weighted by atomic mass is 16.5. The van der Waals surface area contributed by atoms with Crippen molar-refractivity contribution in [2.75, 3.05) is 34.2 Å². The minimum atomic E-state index is -0.280. The number of hydrogen-bond donors (Lipinski definition) is 1. The summed E-state index contributed by atoms with van der Waals surface area (Å²) in [5.74, 6) is 0.115. The number of hydrogen-bond acceptors (Lipinski definition) is 4. The van der Waals surface area contributed by atoms with Crippen LogP contribution in [0.5, 0.6) is 0 Å². The molecule has 0 aromatic rings. The second-order valence-electron chi connectivity index (χ2n) is 6.23. The van der Waals surface area contributed by atoms with Gasteiger partial charge < -0.3 is 20.3 Å². The Kier molecular flexibility index (Phi) is 4.48. The fraction of sp³-hybridized carbons (Fsp3) is 0.929. The van der Waals surface area contributed by atoms with Gasteiger partial charge in [-0.3, -0.25) is 4.79 Å². The van der Waals surface area contributed by atoms with Crippen LogP contribution in [-0.2, 0) is 9.53 Å². The molecule has 5 heteroatoms. The molecule has 2 fully saturated rings. The largest absolute Gasteiger partial charge is 0.364 e. The van der Waals surface area contributed by atoms with E-state index in [1.165, 1.54) is 19.3 Å². The first-order chi connectivity index (χ1) is 8.98. The Labute approximate surface area is 116 Å². The van der Waals surface area contributed by atoms with Crippen LogP contribution in [0, 0.1) is 0 Å². The number of ether oxygens (including phenoxy) is 1. The lowest BCUT2D eigenvalue weighted by molar-refractivity contribution is -0.144. The van der Waals surface area contributed by atoms with Gasteiger partial charge in [-0.25, -0.2) is 0 Å². The highest BCUT2D eigenvalue weighted by Crippen LogP contribution is 2.37. The maximum atomic E-state index is 12.4. The van der Waals surface area contributed by atoms with Crippen molar-refractivity contribution in [3.05, 3.63) is 0 Å². The second-order valence-corrected chi connectivity index (χ2v) is 6.23. The summed E-state index contributed by atoms with van der Waals surface area (Å²) < 4.78 is 5.69. The molecule has 0 spiro atoms. The molecule has 110 valence electrons. The van der Waals surface area contributed by atoms with Crippen LogP contribution in [0.3, 0.4) is 0 Å². The highest BCUT2D eigenvalue weighted by Gasteiger charge is 2.42. The van der Waals surface area contributed by atoms with Crippen molar-refractivity contribution >= 4 is 5.91 Å². The van der Waals surface area contributed by atoms with Crippen LogP contribution < -0.4 is 5.73 Å². The van der Waals surface area contributed by atoms with Crippen molar-refractivity contribution < 1.29 is 9.53 Å². The Morgan fingerprint density at radius 1 is 1.32 bits per heavy atom. The van der Waals surface area contributed by atoms with Crippen molar-refractivity contribution in [3.63, 3.8) is 0 Å². The number of carbonyl (C=O) groups is 1. The fourth-order valence-electron chi connectivity index (χ4n) is 3.16. The Morgan fingerprint density at radius 2 is 2.00 bits per heavy atom. The molecule has 2 rings (SSSR count). The predicted octanol–water partition coefficient (Wildman–Crippen LogP) is 0.435. The Bertz CT molecular complexity index is 329. The predicted molar refractivity (Wildman–Crippen MR) is 74.9 cm³/mol. The van der Waals surface area contributed by atoms with E-state index in [1.807, 2.05) is 11.9 Å². The third-order valence-corrected chi connectivity index (χ3v) is 4.79. The molecule has 19 heavy (non-hydrogen) atoms. The lowest BCUT2D eigenvalue weighted by Gasteiger charge is -2.49. The van der Waals surface area contributed by atoms with Crippen molar-refractivity contribution in [3.8, 4) is 0 Å². The SMILES string of the molecule is CN(CC1(N(C)C)CCC1)C(=O)C1CCC(CN)O1. The standard InChI is InChI=1S/C14H27N3O2/c1-16(2)14(7-4-8-14)10-17(3)13(18)12-6-5-11(9-15)19-12/h11-12H,4-10,15H2,1-3H3. The third-order valence-electron chi connectivity index (χ3n) is 4.79. The summed E-state index contributed by atoms with van der Waals surface area (Å²) in [5, 5.41) is 0. The molecule has 1 aliphatic carbocycles. The topological polar surface area (TPSA) is 58.8 Å². The number of likely N-dealkylation sites (N-methyl/N-ethyl adjacent to an activating group) is 2. The molecular formula is C14H27N3O2. The van der Waals surface area contributed by atoms with Crippen molar-refractivity contribution in [1.82, 2.24) is 9.80 Å². The van der Waals surface area contributed by atoms with Gasteiger partial charge in [-0.05, 0) is 46.2 Å². The van der Waals surface area contributed by atoms with Gasteiger partial charge in [0.05, 0.1) is 6.10 Å². The number of nitrogens with zero attached hydrogens (tertiary/aromatic N) is 2. The molecule has 2 atom stereocenters. The molecular weight excluding hydrogens is 242 g/mol. The van der Waals surface area contributed by atoms with Crippen LogP contribution in [-0.4, -0.2) is 67.7 Å². The van der Waals surface area contributed by atoms with Gasteiger partial charge >= 0.3 is 0 Å². The van der Waals surface area contributed by atoms with Crippen LogP contribution >= 0.6 is 0 Å². The molecule has 1 saturated heterocycles. The molecule has 5 nitrogen and oxygen atoms in total. The normalized spacial score (nSPS) is 29.3. The van der Waals surface area contributed by atoms with E-state index in [4.69, 9.17) is 10.5 Å². The van der Waals surface area contributed by atoms with Crippen LogP contribution in [0.25, 0.3) is 0 Å². The number of carbonyl (C=O) groups excluding carboxylic acids is 1. The first-order valence-corrected chi connectivity index (χ1v) is 7.26. The minimum Gasteiger partial charge on any atom is -0.364 e. The monoisotopic (exact) mass is 269 g/mol. The molecule has 2 unspecified atom stereocenters. The van der Waals surface area contributed by atoms with E-state index in [9.17, 15) is 4.79 Å². The van der Waals surface area contributed by atoms with E-state index in [2.05, 4.69) is 19.0 Å². The van der Waals surface area contributed by atoms with Gasteiger partial charge in [0.1, 0.15) is 6.10 Å². The first-order valence-electron chi connectivity index (χ1n) is 7.26. The Hall–Kier alpha value is -0.650. The van der Waals surface area contributed by atoms with Gasteiger partial charge in [-0.1, -0.05) is 0 Å². The van der Waals surface area contributed by atoms with Crippen molar-refractivity contribution in [2.24, 2.45) is 5.73 Å². The summed E-state index contributed by atoms with van der Waals surface area (Å²) in [7, 11) is 6.10. The average Bonchev–Trinajstić information content (AvgIpc) is 2.80. The summed E-state index contributed by atoms with van der Waals surface area (Å²) in [5.41, 5.74) is 5.76. The molecule has 1 amide bonds. The van der Waals surface area contributed by atoms with Gasteiger partial charge in [0, 0.05) is 25.7 Å².